The van der Waals surface area contributed by atoms with Crippen LogP contribution in [-0.4, -0.2) is 35.1 Å². The molecule has 0 bridgehead atoms. The summed E-state index contributed by atoms with van der Waals surface area (Å²) in [5, 5.41) is 7.92. The van der Waals surface area contributed by atoms with Gasteiger partial charge in [-0.1, -0.05) is 25.9 Å². The number of pyridine rings is 2. The van der Waals surface area contributed by atoms with Gasteiger partial charge in [-0.05, 0) is 42.9 Å². The van der Waals surface area contributed by atoms with E-state index in [1.807, 2.05) is 37.2 Å². The van der Waals surface area contributed by atoms with Gasteiger partial charge in [-0.25, -0.2) is 9.97 Å². The maximum atomic E-state index is 13.2. The van der Waals surface area contributed by atoms with E-state index in [4.69, 9.17) is 4.52 Å². The fraction of sp³-hybridized carbons (Fsp3) is 0.455. The maximum absolute atomic E-state index is 13.2. The van der Waals surface area contributed by atoms with Crippen LogP contribution in [-0.2, 0) is 6.42 Å². The third-order valence-corrected chi connectivity index (χ3v) is 4.94. The van der Waals surface area contributed by atoms with Crippen LogP contribution in [0.5, 0.6) is 0 Å². The van der Waals surface area contributed by atoms with Crippen molar-refractivity contribution in [3.05, 3.63) is 41.3 Å². The molecule has 1 N–H and O–H groups in total. The van der Waals surface area contributed by atoms with Crippen LogP contribution in [0.3, 0.4) is 0 Å². The summed E-state index contributed by atoms with van der Waals surface area (Å²) in [6.45, 7) is 6.41. The van der Waals surface area contributed by atoms with Crippen LogP contribution in [0, 0.1) is 5.41 Å². The van der Waals surface area contributed by atoms with E-state index >= 15 is 0 Å². The summed E-state index contributed by atoms with van der Waals surface area (Å²) < 4.78 is 5.54. The van der Waals surface area contributed by atoms with E-state index in [1.54, 1.807) is 6.20 Å². The molecular weight excluding hydrogens is 366 g/mol. The molecule has 1 aliphatic carbocycles. The molecule has 1 aliphatic rings. The van der Waals surface area contributed by atoms with Crippen molar-refractivity contribution in [3.63, 3.8) is 0 Å². The van der Waals surface area contributed by atoms with Crippen molar-refractivity contribution in [1.82, 2.24) is 15.1 Å². The van der Waals surface area contributed by atoms with Crippen molar-refractivity contribution >= 4 is 28.5 Å². The molecule has 0 aliphatic heterocycles. The molecule has 3 aromatic rings. The first-order valence-electron chi connectivity index (χ1n) is 9.95. The lowest BCUT2D eigenvalue weighted by Crippen LogP contribution is -2.16. The monoisotopic (exact) mass is 393 g/mol. The largest absolute Gasteiger partial charge is 0.363 e. The standard InChI is InChI=1S/C22H27N5O2/c1-22(2,3)11-17-19-15(10-16(13-6-7-13)25-21(19)29-26-17)20(28)24-14-8-9-18(23-12-14)27(4)5/h8-10,12-13H,6-7,11H2,1-5H3,(H,24,28). The predicted molar refractivity (Wildman–Crippen MR) is 113 cm³/mol. The summed E-state index contributed by atoms with van der Waals surface area (Å²) in [5.74, 6) is 1.04. The number of anilines is 2. The Labute approximate surface area is 170 Å². The molecule has 3 heterocycles. The Morgan fingerprint density at radius 3 is 2.62 bits per heavy atom. The molecule has 0 saturated heterocycles. The van der Waals surface area contributed by atoms with Crippen LogP contribution >= 0.6 is 0 Å². The van der Waals surface area contributed by atoms with Crippen LogP contribution in [0.15, 0.2) is 28.9 Å². The second-order valence-electron chi connectivity index (χ2n) is 9.17. The van der Waals surface area contributed by atoms with E-state index in [9.17, 15) is 4.79 Å². The lowest BCUT2D eigenvalue weighted by Gasteiger charge is -2.16. The van der Waals surface area contributed by atoms with E-state index < -0.39 is 0 Å². The van der Waals surface area contributed by atoms with Gasteiger partial charge in [0.2, 0.25) is 0 Å². The highest BCUT2D eigenvalue weighted by Gasteiger charge is 2.30. The highest BCUT2D eigenvalue weighted by atomic mass is 16.5. The van der Waals surface area contributed by atoms with Gasteiger partial charge in [0.05, 0.1) is 28.5 Å². The molecule has 29 heavy (non-hydrogen) atoms. The summed E-state index contributed by atoms with van der Waals surface area (Å²) in [5.41, 5.74) is 3.34. The number of carbonyl (C=O) groups is 1. The fourth-order valence-electron chi connectivity index (χ4n) is 3.34. The van der Waals surface area contributed by atoms with Crippen molar-refractivity contribution in [3.8, 4) is 0 Å². The van der Waals surface area contributed by atoms with E-state index in [0.717, 1.165) is 30.0 Å². The molecule has 0 atom stereocenters. The second kappa shape index (κ2) is 7.13. The molecule has 1 fully saturated rings. The summed E-state index contributed by atoms with van der Waals surface area (Å²) >= 11 is 0. The maximum Gasteiger partial charge on any atom is 0.259 e. The third kappa shape index (κ3) is 4.23. The van der Waals surface area contributed by atoms with Gasteiger partial charge in [-0.3, -0.25) is 4.79 Å². The average Bonchev–Trinajstić information content (AvgIpc) is 3.43. The molecule has 1 amide bonds. The van der Waals surface area contributed by atoms with Crippen molar-refractivity contribution in [2.75, 3.05) is 24.3 Å². The van der Waals surface area contributed by atoms with E-state index in [-0.39, 0.29) is 11.3 Å². The van der Waals surface area contributed by atoms with E-state index in [1.165, 1.54) is 0 Å². The van der Waals surface area contributed by atoms with Crippen LogP contribution in [0.4, 0.5) is 11.5 Å². The van der Waals surface area contributed by atoms with Crippen LogP contribution < -0.4 is 10.2 Å². The van der Waals surface area contributed by atoms with Crippen molar-refractivity contribution < 1.29 is 9.32 Å². The Morgan fingerprint density at radius 2 is 2.03 bits per heavy atom. The number of fused-ring (bicyclic) bond motifs is 1. The Hall–Kier alpha value is -2.96. The third-order valence-electron chi connectivity index (χ3n) is 4.94. The van der Waals surface area contributed by atoms with Gasteiger partial charge in [-0.15, -0.1) is 0 Å². The molecule has 7 nitrogen and oxygen atoms in total. The fourth-order valence-corrected chi connectivity index (χ4v) is 3.34. The highest BCUT2D eigenvalue weighted by Crippen LogP contribution is 2.41. The number of nitrogens with one attached hydrogen (secondary N) is 1. The second-order valence-corrected chi connectivity index (χ2v) is 9.17. The molecule has 7 heteroatoms. The number of hydrogen-bond acceptors (Lipinski definition) is 6. The topological polar surface area (TPSA) is 84.2 Å². The van der Waals surface area contributed by atoms with Gasteiger partial charge in [0.15, 0.2) is 0 Å². The van der Waals surface area contributed by atoms with Crippen LogP contribution in [0.2, 0.25) is 0 Å². The molecule has 0 spiro atoms. The first kappa shape index (κ1) is 19.4. The van der Waals surface area contributed by atoms with Gasteiger partial charge in [0.25, 0.3) is 11.6 Å². The van der Waals surface area contributed by atoms with Crippen LogP contribution in [0.25, 0.3) is 11.1 Å². The number of aromatic nitrogens is 3. The normalized spacial score (nSPS) is 14.2. The Bertz CT molecular complexity index is 1040. The predicted octanol–water partition coefficient (Wildman–Crippen LogP) is 4.40. The van der Waals surface area contributed by atoms with Crippen molar-refractivity contribution in [2.24, 2.45) is 5.41 Å². The molecule has 0 radical (unpaired) electrons. The lowest BCUT2D eigenvalue weighted by atomic mass is 9.89. The highest BCUT2D eigenvalue weighted by molar-refractivity contribution is 6.12. The Morgan fingerprint density at radius 1 is 1.28 bits per heavy atom. The Balaban J connectivity index is 1.71. The van der Waals surface area contributed by atoms with Crippen molar-refractivity contribution in [1.29, 1.82) is 0 Å². The number of hydrogen-bond donors (Lipinski definition) is 1. The lowest BCUT2D eigenvalue weighted by molar-refractivity contribution is 0.102. The smallest absolute Gasteiger partial charge is 0.259 e. The Kier molecular flexibility index (Phi) is 4.76. The first-order valence-corrected chi connectivity index (χ1v) is 9.95. The number of amides is 1. The molecule has 3 aromatic heterocycles. The number of nitrogens with zero attached hydrogens (tertiary/aromatic N) is 4. The molecule has 0 aromatic carbocycles. The molecule has 4 rings (SSSR count). The SMILES string of the molecule is CN(C)c1ccc(NC(=O)c2cc(C3CC3)nc3onc(CC(C)(C)C)c23)cn1. The van der Waals surface area contributed by atoms with E-state index in [2.05, 4.69) is 41.2 Å². The van der Waals surface area contributed by atoms with Gasteiger partial charge in [0, 0.05) is 25.7 Å². The molecular formula is C22H27N5O2. The quantitative estimate of drug-likeness (QED) is 0.691. The van der Waals surface area contributed by atoms with Crippen LogP contribution in [0.1, 0.15) is 61.3 Å². The summed E-state index contributed by atoms with van der Waals surface area (Å²) in [7, 11) is 3.85. The van der Waals surface area contributed by atoms with E-state index in [0.29, 0.717) is 34.7 Å². The van der Waals surface area contributed by atoms with Crippen molar-refractivity contribution in [2.45, 2.75) is 46.0 Å². The molecule has 152 valence electrons. The minimum Gasteiger partial charge on any atom is -0.363 e. The number of carbonyl (C=O) groups excluding carboxylic acids is 1. The summed E-state index contributed by atoms with van der Waals surface area (Å²) in [6.07, 6.45) is 4.55. The van der Waals surface area contributed by atoms with Gasteiger partial charge >= 0.3 is 0 Å². The van der Waals surface area contributed by atoms with Gasteiger partial charge < -0.3 is 14.7 Å². The zero-order chi connectivity index (χ0) is 20.8. The minimum atomic E-state index is -0.197. The summed E-state index contributed by atoms with van der Waals surface area (Å²) in [6, 6.07) is 5.63. The zero-order valence-electron chi connectivity index (χ0n) is 17.6. The molecule has 1 saturated carbocycles. The van der Waals surface area contributed by atoms with Gasteiger partial charge in [0.1, 0.15) is 5.82 Å². The zero-order valence-corrected chi connectivity index (χ0v) is 17.6. The average molecular weight is 393 g/mol. The first-order chi connectivity index (χ1) is 13.7. The number of rotatable bonds is 5. The summed E-state index contributed by atoms with van der Waals surface area (Å²) in [4.78, 5) is 24.1. The molecule has 0 unspecified atom stereocenters. The van der Waals surface area contributed by atoms with Gasteiger partial charge in [-0.2, -0.15) is 0 Å². The minimum absolute atomic E-state index is 0.0125.